The van der Waals surface area contributed by atoms with Crippen LogP contribution in [0.5, 0.6) is 0 Å². The van der Waals surface area contributed by atoms with Gasteiger partial charge in [0.15, 0.2) is 0 Å². The van der Waals surface area contributed by atoms with Crippen molar-refractivity contribution >= 4 is 23.4 Å². The molecule has 1 unspecified atom stereocenters. The fourth-order valence-corrected chi connectivity index (χ4v) is 2.91. The number of allylic oxidation sites excluding steroid dienone is 1. The predicted molar refractivity (Wildman–Crippen MR) is 80.3 cm³/mol. The summed E-state index contributed by atoms with van der Waals surface area (Å²) in [5, 5.41) is 4.07. The van der Waals surface area contributed by atoms with Crippen LogP contribution < -0.4 is 5.43 Å². The molecule has 106 valence electrons. The lowest BCUT2D eigenvalue weighted by Crippen LogP contribution is -2.32. The first-order valence-corrected chi connectivity index (χ1v) is 7.20. The third-order valence-electron chi connectivity index (χ3n) is 3.14. The van der Waals surface area contributed by atoms with Crippen LogP contribution in [0.15, 0.2) is 33.6 Å². The van der Waals surface area contributed by atoms with Crippen LogP contribution in [0.2, 0.25) is 0 Å². The second-order valence-electron chi connectivity index (χ2n) is 5.02. The Hall–Kier alpha value is -1.62. The number of carbonyl (C=O) groups is 1. The molecule has 1 aromatic carbocycles. The van der Waals surface area contributed by atoms with Crippen LogP contribution >= 0.6 is 11.8 Å². The number of hydrazone groups is 1. The monoisotopic (exact) mass is 292 g/mol. The minimum absolute atomic E-state index is 0.0199. The summed E-state index contributed by atoms with van der Waals surface area (Å²) in [6.45, 7) is 9.39. The highest BCUT2D eigenvalue weighted by Gasteiger charge is 2.23. The van der Waals surface area contributed by atoms with Gasteiger partial charge < -0.3 is 0 Å². The first-order valence-electron chi connectivity index (χ1n) is 6.38. The number of thioether (sulfide) groups is 1. The third kappa shape index (κ3) is 3.10. The largest absolute Gasteiger partial charge is 0.273 e. The molecule has 0 spiro atoms. The van der Waals surface area contributed by atoms with E-state index in [-0.39, 0.29) is 17.6 Å². The first-order chi connectivity index (χ1) is 9.38. The van der Waals surface area contributed by atoms with Crippen LogP contribution in [0.25, 0.3) is 0 Å². The molecule has 0 aliphatic carbocycles. The average Bonchev–Trinajstić information content (AvgIpc) is 2.34. The molecule has 5 heteroatoms. The lowest BCUT2D eigenvalue weighted by Gasteiger charge is -2.20. The van der Waals surface area contributed by atoms with Gasteiger partial charge in [0.25, 0.3) is 0 Å². The number of hydrogen-bond acceptors (Lipinski definition) is 3. The molecule has 1 atom stereocenters. The fourth-order valence-electron chi connectivity index (χ4n) is 2.10. The van der Waals surface area contributed by atoms with Crippen molar-refractivity contribution in [2.75, 3.05) is 0 Å². The number of nitrogens with zero attached hydrogens (tertiary/aromatic N) is 1. The first kappa shape index (κ1) is 14.8. The Morgan fingerprint density at radius 1 is 1.55 bits per heavy atom. The van der Waals surface area contributed by atoms with E-state index in [4.69, 9.17) is 0 Å². The second-order valence-corrected chi connectivity index (χ2v) is 6.36. The maximum Gasteiger partial charge on any atom is 0.240 e. The minimum atomic E-state index is -0.266. The molecule has 1 amide bonds. The van der Waals surface area contributed by atoms with E-state index >= 15 is 0 Å². The highest BCUT2D eigenvalue weighted by Crippen LogP contribution is 2.31. The number of benzene rings is 1. The van der Waals surface area contributed by atoms with Crippen molar-refractivity contribution in [2.45, 2.75) is 32.1 Å². The maximum atomic E-state index is 14.1. The quantitative estimate of drug-likeness (QED) is 0.865. The average molecular weight is 292 g/mol. The summed E-state index contributed by atoms with van der Waals surface area (Å²) in [7, 11) is 0. The molecule has 1 aliphatic rings. The number of nitrogens with one attached hydrogen (secondary N) is 1. The summed E-state index contributed by atoms with van der Waals surface area (Å²) in [6.07, 6.45) is 0.372. The molecule has 0 saturated carbocycles. The van der Waals surface area contributed by atoms with E-state index in [1.807, 2.05) is 19.9 Å². The van der Waals surface area contributed by atoms with Crippen molar-refractivity contribution < 1.29 is 9.18 Å². The number of hydrogen-bond donors (Lipinski definition) is 1. The number of carbonyl (C=O) groups excluding carboxylic acids is 1. The number of amides is 1. The van der Waals surface area contributed by atoms with Crippen molar-refractivity contribution in [2.24, 2.45) is 11.0 Å². The third-order valence-corrected chi connectivity index (χ3v) is 4.13. The lowest BCUT2D eigenvalue weighted by molar-refractivity contribution is -0.121. The lowest BCUT2D eigenvalue weighted by atomic mass is 9.93. The van der Waals surface area contributed by atoms with Crippen LogP contribution in [0.3, 0.4) is 0 Å². The summed E-state index contributed by atoms with van der Waals surface area (Å²) in [6, 6.07) is 3.38. The molecule has 0 radical (unpaired) electrons. The second kappa shape index (κ2) is 5.79. The van der Waals surface area contributed by atoms with Gasteiger partial charge in [0.2, 0.25) is 5.91 Å². The molecule has 20 heavy (non-hydrogen) atoms. The van der Waals surface area contributed by atoms with Crippen LogP contribution in [-0.2, 0) is 4.79 Å². The molecule has 0 aromatic heterocycles. The van der Waals surface area contributed by atoms with Crippen LogP contribution in [0.4, 0.5) is 4.39 Å². The van der Waals surface area contributed by atoms with Crippen LogP contribution in [-0.4, -0.2) is 11.6 Å². The summed E-state index contributed by atoms with van der Waals surface area (Å²) in [4.78, 5) is 13.0. The molecule has 1 N–H and O–H groups in total. The van der Waals surface area contributed by atoms with Crippen molar-refractivity contribution in [3.8, 4) is 0 Å². The van der Waals surface area contributed by atoms with Crippen LogP contribution in [0.1, 0.15) is 31.4 Å². The van der Waals surface area contributed by atoms with Crippen molar-refractivity contribution in [3.63, 3.8) is 0 Å². The molecule has 0 saturated heterocycles. The zero-order valence-electron chi connectivity index (χ0n) is 11.8. The topological polar surface area (TPSA) is 41.5 Å². The van der Waals surface area contributed by atoms with E-state index in [2.05, 4.69) is 17.1 Å². The minimum Gasteiger partial charge on any atom is -0.273 e. The highest BCUT2D eigenvalue weighted by molar-refractivity contribution is 8.03. The molecular weight excluding hydrogens is 275 g/mol. The maximum absolute atomic E-state index is 14.1. The fraction of sp³-hybridized carbons (Fsp3) is 0.333. The van der Waals surface area contributed by atoms with Gasteiger partial charge in [-0.15, -0.1) is 0 Å². The van der Waals surface area contributed by atoms with Gasteiger partial charge in [0, 0.05) is 22.8 Å². The highest BCUT2D eigenvalue weighted by atomic mass is 32.2. The Balaban J connectivity index is 2.45. The van der Waals surface area contributed by atoms with Gasteiger partial charge in [-0.3, -0.25) is 4.79 Å². The van der Waals surface area contributed by atoms with E-state index in [0.29, 0.717) is 23.3 Å². The van der Waals surface area contributed by atoms with E-state index < -0.39 is 0 Å². The van der Waals surface area contributed by atoms with Gasteiger partial charge in [-0.1, -0.05) is 25.3 Å². The van der Waals surface area contributed by atoms with Crippen molar-refractivity contribution in [3.05, 3.63) is 40.6 Å². The SMILES string of the molecule is C=C(C)Sc1cc(C2=NNC(=O)CC2C)cc(F)c1C. The zero-order chi connectivity index (χ0) is 14.9. The molecule has 1 aliphatic heterocycles. The summed E-state index contributed by atoms with van der Waals surface area (Å²) < 4.78 is 14.1. The van der Waals surface area contributed by atoms with Gasteiger partial charge in [-0.25, -0.2) is 9.82 Å². The standard InChI is InChI=1S/C15H17FN2OS/c1-8(2)20-13-7-11(6-12(16)10(13)4)15-9(3)5-14(19)17-18-15/h6-7,9H,1,5H2,2-4H3,(H,17,19). The molecule has 0 fully saturated rings. The molecule has 1 heterocycles. The smallest absolute Gasteiger partial charge is 0.240 e. The van der Waals surface area contributed by atoms with E-state index in [1.165, 1.54) is 17.8 Å². The van der Waals surface area contributed by atoms with E-state index in [9.17, 15) is 9.18 Å². The van der Waals surface area contributed by atoms with E-state index in [1.54, 1.807) is 6.92 Å². The zero-order valence-corrected chi connectivity index (χ0v) is 12.6. The molecule has 0 bridgehead atoms. The van der Waals surface area contributed by atoms with Gasteiger partial charge in [0.1, 0.15) is 5.82 Å². The molecular formula is C15H17FN2OS. The van der Waals surface area contributed by atoms with Gasteiger partial charge >= 0.3 is 0 Å². The van der Waals surface area contributed by atoms with Gasteiger partial charge in [-0.2, -0.15) is 5.10 Å². The summed E-state index contributed by atoms with van der Waals surface area (Å²) >= 11 is 1.44. The molecule has 3 nitrogen and oxygen atoms in total. The Kier molecular flexibility index (Phi) is 4.28. The van der Waals surface area contributed by atoms with Crippen molar-refractivity contribution in [1.82, 2.24) is 5.43 Å². The summed E-state index contributed by atoms with van der Waals surface area (Å²) in [5.74, 6) is -0.392. The summed E-state index contributed by atoms with van der Waals surface area (Å²) in [5.41, 5.74) is 4.49. The van der Waals surface area contributed by atoms with Crippen molar-refractivity contribution in [1.29, 1.82) is 0 Å². The Morgan fingerprint density at radius 3 is 2.85 bits per heavy atom. The van der Waals surface area contributed by atoms with Gasteiger partial charge in [0.05, 0.1) is 5.71 Å². The Morgan fingerprint density at radius 2 is 2.25 bits per heavy atom. The number of halogens is 1. The number of rotatable bonds is 3. The Bertz CT molecular complexity index is 610. The van der Waals surface area contributed by atoms with E-state index in [0.717, 1.165) is 9.80 Å². The molecule has 1 aromatic rings. The van der Waals surface area contributed by atoms with Gasteiger partial charge in [-0.05, 0) is 36.4 Å². The van der Waals surface area contributed by atoms with Crippen LogP contribution in [0, 0.1) is 18.7 Å². The predicted octanol–water partition coefficient (Wildman–Crippen LogP) is 3.62. The molecule has 2 rings (SSSR count). The Labute approximate surface area is 122 Å². The normalized spacial score (nSPS) is 18.5.